The first-order valence-corrected chi connectivity index (χ1v) is 7.82. The van der Waals surface area contributed by atoms with Crippen molar-refractivity contribution in [1.29, 1.82) is 0 Å². The van der Waals surface area contributed by atoms with Crippen LogP contribution in [0.5, 0.6) is 0 Å². The highest BCUT2D eigenvalue weighted by atomic mass is 35.5. The Balaban J connectivity index is 1.83. The minimum Gasteiger partial charge on any atom is -0.324 e. The molecule has 0 fully saturated rings. The Kier molecular flexibility index (Phi) is 4.11. The number of hydrogen-bond acceptors (Lipinski definition) is 3. The van der Waals surface area contributed by atoms with Crippen molar-refractivity contribution in [3.8, 4) is 0 Å². The second-order valence-electron chi connectivity index (χ2n) is 5.65. The minimum atomic E-state index is -0.934. The van der Waals surface area contributed by atoms with Crippen LogP contribution < -0.4 is 5.32 Å². The zero-order valence-electron chi connectivity index (χ0n) is 13.2. The number of imide groups is 1. The average molecular weight is 343 g/mol. The van der Waals surface area contributed by atoms with E-state index in [2.05, 4.69) is 5.32 Å². The SMILES string of the molecule is Cc1ccc(Cl)cc1NC(=O)C(C)N1C(=O)c2ccccc2C1=O. The number of carbonyl (C=O) groups is 3. The number of hydrogen-bond donors (Lipinski definition) is 1. The van der Waals surface area contributed by atoms with Gasteiger partial charge in [-0.2, -0.15) is 0 Å². The van der Waals surface area contributed by atoms with E-state index in [9.17, 15) is 14.4 Å². The summed E-state index contributed by atoms with van der Waals surface area (Å²) in [5.74, 6) is -1.36. The number of halogens is 1. The van der Waals surface area contributed by atoms with Crippen molar-refractivity contribution < 1.29 is 14.4 Å². The molecule has 2 aromatic carbocycles. The topological polar surface area (TPSA) is 66.5 Å². The standard InChI is InChI=1S/C18H15ClN2O3/c1-10-7-8-12(19)9-15(10)20-16(22)11(2)21-17(23)13-5-3-4-6-14(13)18(21)24/h3-9,11H,1-2H3,(H,20,22). The molecule has 2 aromatic rings. The number of carbonyl (C=O) groups excluding carboxylic acids is 3. The molecule has 122 valence electrons. The Morgan fingerprint density at radius 3 is 2.25 bits per heavy atom. The monoisotopic (exact) mass is 342 g/mol. The number of benzene rings is 2. The molecule has 0 spiro atoms. The first-order chi connectivity index (χ1) is 11.4. The smallest absolute Gasteiger partial charge is 0.262 e. The summed E-state index contributed by atoms with van der Waals surface area (Å²) in [4.78, 5) is 38.4. The molecule has 0 bridgehead atoms. The first-order valence-electron chi connectivity index (χ1n) is 7.44. The summed E-state index contributed by atoms with van der Waals surface area (Å²) in [5, 5.41) is 3.22. The summed E-state index contributed by atoms with van der Waals surface area (Å²) in [7, 11) is 0. The van der Waals surface area contributed by atoms with E-state index in [1.165, 1.54) is 6.92 Å². The van der Waals surface area contributed by atoms with Gasteiger partial charge in [-0.1, -0.05) is 29.8 Å². The van der Waals surface area contributed by atoms with Crippen molar-refractivity contribution in [1.82, 2.24) is 4.90 Å². The van der Waals surface area contributed by atoms with Gasteiger partial charge in [-0.3, -0.25) is 19.3 Å². The lowest BCUT2D eigenvalue weighted by Gasteiger charge is -2.22. The third-order valence-electron chi connectivity index (χ3n) is 4.05. The average Bonchev–Trinajstić information content (AvgIpc) is 2.82. The maximum absolute atomic E-state index is 12.5. The van der Waals surface area contributed by atoms with E-state index in [1.54, 1.807) is 42.5 Å². The van der Waals surface area contributed by atoms with Gasteiger partial charge in [0.2, 0.25) is 5.91 Å². The van der Waals surface area contributed by atoms with Crippen molar-refractivity contribution in [2.45, 2.75) is 19.9 Å². The van der Waals surface area contributed by atoms with Gasteiger partial charge in [-0.25, -0.2) is 0 Å². The summed E-state index contributed by atoms with van der Waals surface area (Å²) in [5.41, 5.74) is 2.03. The predicted octanol–water partition coefficient (Wildman–Crippen LogP) is 3.27. The molecule has 5 nitrogen and oxygen atoms in total. The van der Waals surface area contributed by atoms with Crippen molar-refractivity contribution in [2.24, 2.45) is 0 Å². The molecule has 0 aliphatic carbocycles. The van der Waals surface area contributed by atoms with Crippen LogP contribution in [0.25, 0.3) is 0 Å². The Labute approximate surface area is 144 Å². The van der Waals surface area contributed by atoms with Gasteiger partial charge in [0.1, 0.15) is 6.04 Å². The fraction of sp³-hybridized carbons (Fsp3) is 0.167. The van der Waals surface area contributed by atoms with E-state index in [4.69, 9.17) is 11.6 Å². The van der Waals surface area contributed by atoms with E-state index in [0.717, 1.165) is 10.5 Å². The van der Waals surface area contributed by atoms with Crippen LogP contribution in [-0.4, -0.2) is 28.7 Å². The lowest BCUT2D eigenvalue weighted by molar-refractivity contribution is -0.119. The molecular weight excluding hydrogens is 328 g/mol. The Hall–Kier alpha value is -2.66. The first kappa shape index (κ1) is 16.2. The van der Waals surface area contributed by atoms with Crippen molar-refractivity contribution >= 4 is 35.0 Å². The highest BCUT2D eigenvalue weighted by Crippen LogP contribution is 2.26. The molecule has 0 aromatic heterocycles. The van der Waals surface area contributed by atoms with E-state index in [0.29, 0.717) is 21.8 Å². The molecule has 3 rings (SSSR count). The number of nitrogens with zero attached hydrogens (tertiary/aromatic N) is 1. The van der Waals surface area contributed by atoms with Crippen LogP contribution in [0.3, 0.4) is 0 Å². The molecule has 1 atom stereocenters. The lowest BCUT2D eigenvalue weighted by Crippen LogP contribution is -2.45. The van der Waals surface area contributed by atoms with Crippen LogP contribution in [0.1, 0.15) is 33.2 Å². The van der Waals surface area contributed by atoms with Gasteiger partial charge in [0.25, 0.3) is 11.8 Å². The number of rotatable bonds is 3. The quantitative estimate of drug-likeness (QED) is 0.870. The van der Waals surface area contributed by atoms with Crippen molar-refractivity contribution in [3.63, 3.8) is 0 Å². The van der Waals surface area contributed by atoms with Crippen LogP contribution >= 0.6 is 11.6 Å². The molecule has 1 heterocycles. The zero-order chi connectivity index (χ0) is 17.4. The van der Waals surface area contributed by atoms with Crippen LogP contribution in [0, 0.1) is 6.92 Å². The zero-order valence-corrected chi connectivity index (χ0v) is 13.9. The van der Waals surface area contributed by atoms with Crippen LogP contribution in [-0.2, 0) is 4.79 Å². The fourth-order valence-electron chi connectivity index (χ4n) is 2.64. The number of aryl methyl sites for hydroxylation is 1. The van der Waals surface area contributed by atoms with Crippen LogP contribution in [0.15, 0.2) is 42.5 Å². The number of anilines is 1. The van der Waals surface area contributed by atoms with Gasteiger partial charge in [-0.05, 0) is 43.7 Å². The Bertz CT molecular complexity index is 828. The molecule has 3 amide bonds. The molecule has 1 unspecified atom stereocenters. The second-order valence-corrected chi connectivity index (χ2v) is 6.09. The molecule has 0 radical (unpaired) electrons. The third kappa shape index (κ3) is 2.67. The summed E-state index contributed by atoms with van der Waals surface area (Å²) >= 11 is 5.94. The molecule has 24 heavy (non-hydrogen) atoms. The highest BCUT2D eigenvalue weighted by molar-refractivity contribution is 6.31. The minimum absolute atomic E-state index is 0.320. The molecule has 6 heteroatoms. The maximum atomic E-state index is 12.5. The Morgan fingerprint density at radius 1 is 1.08 bits per heavy atom. The number of nitrogens with one attached hydrogen (secondary N) is 1. The van der Waals surface area contributed by atoms with E-state index in [1.807, 2.05) is 6.92 Å². The summed E-state index contributed by atoms with van der Waals surface area (Å²) in [6, 6.07) is 10.7. The van der Waals surface area contributed by atoms with Crippen LogP contribution in [0.2, 0.25) is 5.02 Å². The Morgan fingerprint density at radius 2 is 1.67 bits per heavy atom. The maximum Gasteiger partial charge on any atom is 0.262 e. The largest absolute Gasteiger partial charge is 0.324 e. The van der Waals surface area contributed by atoms with Gasteiger partial charge in [0.15, 0.2) is 0 Å². The van der Waals surface area contributed by atoms with Crippen molar-refractivity contribution in [3.05, 3.63) is 64.2 Å². The third-order valence-corrected chi connectivity index (χ3v) is 4.28. The number of fused-ring (bicyclic) bond motifs is 1. The van der Waals surface area contributed by atoms with E-state index >= 15 is 0 Å². The highest BCUT2D eigenvalue weighted by Gasteiger charge is 2.40. The molecule has 1 aliphatic rings. The van der Waals surface area contributed by atoms with Gasteiger partial charge in [-0.15, -0.1) is 0 Å². The molecule has 0 saturated heterocycles. The lowest BCUT2D eigenvalue weighted by atomic mass is 10.1. The fourth-order valence-corrected chi connectivity index (χ4v) is 2.82. The van der Waals surface area contributed by atoms with Crippen molar-refractivity contribution in [2.75, 3.05) is 5.32 Å². The summed E-state index contributed by atoms with van der Waals surface area (Å²) in [6.07, 6.45) is 0. The van der Waals surface area contributed by atoms with Gasteiger partial charge < -0.3 is 5.32 Å². The van der Waals surface area contributed by atoms with Gasteiger partial charge in [0.05, 0.1) is 11.1 Å². The normalized spacial score (nSPS) is 14.5. The predicted molar refractivity (Wildman–Crippen MR) is 91.2 cm³/mol. The second kappa shape index (κ2) is 6.09. The summed E-state index contributed by atoms with van der Waals surface area (Å²) in [6.45, 7) is 3.36. The van der Waals surface area contributed by atoms with E-state index < -0.39 is 23.8 Å². The van der Waals surface area contributed by atoms with Gasteiger partial charge in [0, 0.05) is 10.7 Å². The molecule has 1 N–H and O–H groups in total. The molecule has 1 aliphatic heterocycles. The van der Waals surface area contributed by atoms with Crippen LogP contribution in [0.4, 0.5) is 5.69 Å². The molecular formula is C18H15ClN2O3. The van der Waals surface area contributed by atoms with E-state index in [-0.39, 0.29) is 0 Å². The number of amides is 3. The van der Waals surface area contributed by atoms with Gasteiger partial charge >= 0.3 is 0 Å². The summed E-state index contributed by atoms with van der Waals surface area (Å²) < 4.78 is 0. The molecule has 0 saturated carbocycles.